The lowest BCUT2D eigenvalue weighted by Gasteiger charge is -2.29. The topological polar surface area (TPSA) is 52.7 Å². The van der Waals surface area contributed by atoms with Crippen LogP contribution in [0, 0.1) is 5.92 Å². The third-order valence-corrected chi connectivity index (χ3v) is 5.92. The number of nitrogens with zero attached hydrogens (tertiary/aromatic N) is 2. The van der Waals surface area contributed by atoms with Gasteiger partial charge in [-0.15, -0.1) is 0 Å². The average Bonchev–Trinajstić information content (AvgIpc) is 3.20. The first kappa shape index (κ1) is 16.9. The molecule has 1 N–H and O–H groups in total. The number of nitrogens with one attached hydrogen (secondary N) is 1. The zero-order valence-corrected chi connectivity index (χ0v) is 13.5. The summed E-state index contributed by atoms with van der Waals surface area (Å²) in [6.07, 6.45) is 4.27. The summed E-state index contributed by atoms with van der Waals surface area (Å²) in [5.41, 5.74) is 0. The fraction of sp³-hybridized carbons (Fsp3) is 1.00. The van der Waals surface area contributed by atoms with Crippen molar-refractivity contribution in [3.05, 3.63) is 0 Å². The SMILES string of the molecule is CCCNCCCN(C)S(=O)(=O)N(C)C(C)C1CC1. The van der Waals surface area contributed by atoms with Crippen LogP contribution >= 0.6 is 0 Å². The molecule has 0 bridgehead atoms. The van der Waals surface area contributed by atoms with Crippen molar-refractivity contribution in [1.29, 1.82) is 0 Å². The Morgan fingerprint density at radius 3 is 2.42 bits per heavy atom. The van der Waals surface area contributed by atoms with Crippen molar-refractivity contribution in [2.75, 3.05) is 33.7 Å². The molecule has 0 aromatic rings. The van der Waals surface area contributed by atoms with Crippen molar-refractivity contribution in [2.24, 2.45) is 5.92 Å². The van der Waals surface area contributed by atoms with Gasteiger partial charge in [-0.05, 0) is 51.6 Å². The summed E-state index contributed by atoms with van der Waals surface area (Å²) in [5, 5.41) is 3.29. The maximum absolute atomic E-state index is 12.4. The highest BCUT2D eigenvalue weighted by Gasteiger charge is 2.36. The van der Waals surface area contributed by atoms with Crippen LogP contribution < -0.4 is 5.32 Å². The van der Waals surface area contributed by atoms with Gasteiger partial charge < -0.3 is 5.32 Å². The molecule has 0 amide bonds. The van der Waals surface area contributed by atoms with Gasteiger partial charge in [-0.25, -0.2) is 0 Å². The molecule has 6 heteroatoms. The van der Waals surface area contributed by atoms with Gasteiger partial charge in [-0.2, -0.15) is 17.0 Å². The molecule has 1 fully saturated rings. The highest BCUT2D eigenvalue weighted by atomic mass is 32.2. The van der Waals surface area contributed by atoms with Crippen LogP contribution in [0.1, 0.15) is 39.5 Å². The Hall–Kier alpha value is -0.170. The molecular formula is C13H29N3O2S. The summed E-state index contributed by atoms with van der Waals surface area (Å²) in [7, 11) is 0.0734. The van der Waals surface area contributed by atoms with E-state index in [-0.39, 0.29) is 6.04 Å². The van der Waals surface area contributed by atoms with E-state index in [9.17, 15) is 8.42 Å². The third-order valence-electron chi connectivity index (χ3n) is 3.89. The van der Waals surface area contributed by atoms with Crippen LogP contribution in [0.4, 0.5) is 0 Å². The lowest BCUT2D eigenvalue weighted by Crippen LogP contribution is -2.45. The van der Waals surface area contributed by atoms with Crippen LogP contribution in [0.25, 0.3) is 0 Å². The number of hydrogen-bond donors (Lipinski definition) is 1. The minimum absolute atomic E-state index is 0.116. The van der Waals surface area contributed by atoms with E-state index in [0.29, 0.717) is 12.5 Å². The van der Waals surface area contributed by atoms with Gasteiger partial charge in [-0.1, -0.05) is 6.92 Å². The van der Waals surface area contributed by atoms with E-state index in [1.165, 1.54) is 8.61 Å². The van der Waals surface area contributed by atoms with Gasteiger partial charge in [0.15, 0.2) is 0 Å². The minimum Gasteiger partial charge on any atom is -0.317 e. The summed E-state index contributed by atoms with van der Waals surface area (Å²) in [5.74, 6) is 0.555. The Bertz CT molecular complexity index is 355. The maximum atomic E-state index is 12.4. The van der Waals surface area contributed by atoms with Gasteiger partial charge in [0, 0.05) is 26.7 Å². The van der Waals surface area contributed by atoms with E-state index in [2.05, 4.69) is 12.2 Å². The zero-order valence-electron chi connectivity index (χ0n) is 12.7. The summed E-state index contributed by atoms with van der Waals surface area (Å²) < 4.78 is 27.7. The molecule has 1 atom stereocenters. The molecule has 0 saturated heterocycles. The van der Waals surface area contributed by atoms with E-state index in [1.807, 2.05) is 6.92 Å². The molecule has 0 spiro atoms. The minimum atomic E-state index is -3.30. The molecule has 0 radical (unpaired) electrons. The first-order valence-electron chi connectivity index (χ1n) is 7.31. The van der Waals surface area contributed by atoms with Crippen LogP contribution in [-0.2, 0) is 10.2 Å². The second-order valence-corrected chi connectivity index (χ2v) is 7.62. The lowest BCUT2D eigenvalue weighted by atomic mass is 10.2. The van der Waals surface area contributed by atoms with Crippen LogP contribution in [0.2, 0.25) is 0 Å². The van der Waals surface area contributed by atoms with Crippen molar-refractivity contribution >= 4 is 10.2 Å². The molecule has 0 aromatic carbocycles. The van der Waals surface area contributed by atoms with Crippen LogP contribution in [0.3, 0.4) is 0 Å². The van der Waals surface area contributed by atoms with Gasteiger partial charge in [0.1, 0.15) is 0 Å². The Balaban J connectivity index is 2.37. The fourth-order valence-electron chi connectivity index (χ4n) is 2.15. The zero-order chi connectivity index (χ0) is 14.5. The molecule has 0 aliphatic heterocycles. The molecule has 1 aliphatic rings. The molecule has 114 valence electrons. The largest absolute Gasteiger partial charge is 0.317 e. The molecular weight excluding hydrogens is 262 g/mol. The van der Waals surface area contributed by atoms with Gasteiger partial charge in [0.25, 0.3) is 10.2 Å². The summed E-state index contributed by atoms with van der Waals surface area (Å²) in [6, 6.07) is 0.116. The monoisotopic (exact) mass is 291 g/mol. The summed E-state index contributed by atoms with van der Waals surface area (Å²) >= 11 is 0. The third kappa shape index (κ3) is 5.02. The first-order chi connectivity index (χ1) is 8.91. The van der Waals surface area contributed by atoms with Crippen molar-refractivity contribution in [2.45, 2.75) is 45.6 Å². The normalized spacial score (nSPS) is 18.2. The van der Waals surface area contributed by atoms with E-state index < -0.39 is 10.2 Å². The number of rotatable bonds is 10. The van der Waals surface area contributed by atoms with Gasteiger partial charge in [0.2, 0.25) is 0 Å². The Labute approximate surface area is 118 Å². The predicted octanol–water partition coefficient (Wildman–Crippen LogP) is 1.28. The van der Waals surface area contributed by atoms with Gasteiger partial charge in [0.05, 0.1) is 0 Å². The second kappa shape index (κ2) is 7.57. The molecule has 1 rings (SSSR count). The smallest absolute Gasteiger partial charge is 0.281 e. The van der Waals surface area contributed by atoms with E-state index in [4.69, 9.17) is 0 Å². The van der Waals surface area contributed by atoms with Crippen LogP contribution in [-0.4, -0.2) is 56.8 Å². The molecule has 1 unspecified atom stereocenters. The highest BCUT2D eigenvalue weighted by molar-refractivity contribution is 7.86. The molecule has 1 saturated carbocycles. The molecule has 19 heavy (non-hydrogen) atoms. The summed E-state index contributed by atoms with van der Waals surface area (Å²) in [6.45, 7) is 6.56. The van der Waals surface area contributed by atoms with Crippen LogP contribution in [0.5, 0.6) is 0 Å². The van der Waals surface area contributed by atoms with Crippen LogP contribution in [0.15, 0.2) is 0 Å². The van der Waals surface area contributed by atoms with E-state index in [0.717, 1.165) is 38.8 Å². The Morgan fingerprint density at radius 1 is 1.26 bits per heavy atom. The lowest BCUT2D eigenvalue weighted by molar-refractivity contribution is 0.321. The fourth-order valence-corrected chi connectivity index (χ4v) is 3.54. The Kier molecular flexibility index (Phi) is 6.73. The van der Waals surface area contributed by atoms with E-state index in [1.54, 1.807) is 14.1 Å². The standard InChI is InChI=1S/C13H29N3O2S/c1-5-9-14-10-6-11-15(3)19(17,18)16(4)12(2)13-7-8-13/h12-14H,5-11H2,1-4H3. The average molecular weight is 291 g/mol. The van der Waals surface area contributed by atoms with Crippen molar-refractivity contribution < 1.29 is 8.42 Å². The molecule has 0 heterocycles. The Morgan fingerprint density at radius 2 is 1.89 bits per heavy atom. The van der Waals surface area contributed by atoms with Crippen molar-refractivity contribution in [1.82, 2.24) is 13.9 Å². The van der Waals surface area contributed by atoms with Crippen molar-refractivity contribution in [3.8, 4) is 0 Å². The van der Waals surface area contributed by atoms with Gasteiger partial charge >= 0.3 is 0 Å². The predicted molar refractivity (Wildman–Crippen MR) is 79.3 cm³/mol. The first-order valence-corrected chi connectivity index (χ1v) is 8.71. The molecule has 0 aromatic heterocycles. The molecule has 1 aliphatic carbocycles. The highest BCUT2D eigenvalue weighted by Crippen LogP contribution is 2.35. The molecule has 5 nitrogen and oxygen atoms in total. The second-order valence-electron chi connectivity index (χ2n) is 5.53. The van der Waals surface area contributed by atoms with Gasteiger partial charge in [-0.3, -0.25) is 0 Å². The summed E-state index contributed by atoms with van der Waals surface area (Å²) in [4.78, 5) is 0. The number of hydrogen-bond acceptors (Lipinski definition) is 3. The van der Waals surface area contributed by atoms with Crippen molar-refractivity contribution in [3.63, 3.8) is 0 Å². The van der Waals surface area contributed by atoms with E-state index >= 15 is 0 Å². The quantitative estimate of drug-likeness (QED) is 0.617. The maximum Gasteiger partial charge on any atom is 0.281 e.